The third-order valence-corrected chi connectivity index (χ3v) is 7.45. The molecule has 1 aliphatic rings. The largest absolute Gasteiger partial charge is 0.497 e. The van der Waals surface area contributed by atoms with Crippen molar-refractivity contribution in [3.05, 3.63) is 104 Å². The van der Waals surface area contributed by atoms with Crippen LogP contribution < -0.4 is 14.4 Å². The van der Waals surface area contributed by atoms with Crippen LogP contribution in [0.15, 0.2) is 77.7 Å². The molecule has 0 fully saturated rings. The van der Waals surface area contributed by atoms with Crippen LogP contribution in [0.3, 0.4) is 0 Å². The topological polar surface area (TPSA) is 179 Å². The van der Waals surface area contributed by atoms with Crippen LogP contribution in [-0.4, -0.2) is 37.2 Å². The van der Waals surface area contributed by atoms with Crippen LogP contribution in [0.4, 0.5) is 22.7 Å². The highest BCUT2D eigenvalue weighted by Crippen LogP contribution is 2.38. The maximum atomic E-state index is 13.4. The van der Waals surface area contributed by atoms with Gasteiger partial charge in [0.15, 0.2) is 0 Å². The summed E-state index contributed by atoms with van der Waals surface area (Å²) in [7, 11) is -2.58. The molecule has 0 saturated heterocycles. The van der Waals surface area contributed by atoms with Gasteiger partial charge in [0.2, 0.25) is 0 Å². The molecule has 1 aliphatic heterocycles. The zero-order valence-electron chi connectivity index (χ0n) is 19.9. The molecule has 0 bridgehead atoms. The Balaban J connectivity index is 1.54. The van der Waals surface area contributed by atoms with Crippen molar-refractivity contribution >= 4 is 55.4 Å². The summed E-state index contributed by atoms with van der Waals surface area (Å²) in [5.41, 5.74) is -1.13. The van der Waals surface area contributed by atoms with Gasteiger partial charge in [-0.25, -0.2) is 13.3 Å². The van der Waals surface area contributed by atoms with E-state index in [2.05, 4.69) is 4.72 Å². The van der Waals surface area contributed by atoms with Crippen molar-refractivity contribution in [1.82, 2.24) is 0 Å². The zero-order valence-corrected chi connectivity index (χ0v) is 20.7. The summed E-state index contributed by atoms with van der Waals surface area (Å²) < 4.78 is 33.1. The predicted molar refractivity (Wildman–Crippen MR) is 139 cm³/mol. The Kier molecular flexibility index (Phi) is 5.95. The van der Waals surface area contributed by atoms with Gasteiger partial charge in [0.25, 0.3) is 33.2 Å². The van der Waals surface area contributed by atoms with Crippen LogP contribution in [0.5, 0.6) is 5.75 Å². The number of nitro groups is 2. The first-order valence-corrected chi connectivity index (χ1v) is 12.5. The van der Waals surface area contributed by atoms with E-state index in [1.54, 1.807) is 12.1 Å². The number of hydrogen-bond acceptors (Lipinski definition) is 9. The molecule has 0 aliphatic carbocycles. The summed E-state index contributed by atoms with van der Waals surface area (Å²) >= 11 is 0. The molecule has 1 N–H and O–H groups in total. The number of hydrogen-bond donors (Lipinski definition) is 1. The number of rotatable bonds is 7. The second kappa shape index (κ2) is 9.18. The van der Waals surface area contributed by atoms with E-state index in [0.717, 1.165) is 24.3 Å². The second-order valence-electron chi connectivity index (χ2n) is 8.37. The lowest BCUT2D eigenvalue weighted by Crippen LogP contribution is -2.40. The number of ether oxygens (including phenoxy) is 1. The number of methoxy groups -OCH3 is 1. The molecule has 4 aromatic carbocycles. The molecule has 0 atom stereocenters. The van der Waals surface area contributed by atoms with Crippen LogP contribution in [0, 0.1) is 20.2 Å². The van der Waals surface area contributed by atoms with Gasteiger partial charge in [-0.1, -0.05) is 0 Å². The molecule has 196 valence electrons. The van der Waals surface area contributed by atoms with Crippen LogP contribution in [0.2, 0.25) is 0 Å². The molecule has 1 heterocycles. The number of anilines is 2. The Hall–Kier alpha value is -5.37. The number of imide groups is 1. The van der Waals surface area contributed by atoms with Gasteiger partial charge in [0, 0.05) is 35.3 Å². The lowest BCUT2D eigenvalue weighted by Gasteiger charge is -2.27. The number of amides is 2. The van der Waals surface area contributed by atoms with Gasteiger partial charge in [0.05, 0.1) is 38.7 Å². The van der Waals surface area contributed by atoms with Crippen molar-refractivity contribution in [2.24, 2.45) is 0 Å². The van der Waals surface area contributed by atoms with E-state index in [1.807, 2.05) is 0 Å². The highest BCUT2D eigenvalue weighted by Gasteiger charge is 2.37. The maximum Gasteiger partial charge on any atom is 0.270 e. The van der Waals surface area contributed by atoms with Gasteiger partial charge in [-0.05, 0) is 53.9 Å². The third kappa shape index (κ3) is 4.38. The van der Waals surface area contributed by atoms with Crippen molar-refractivity contribution in [1.29, 1.82) is 0 Å². The lowest BCUT2D eigenvalue weighted by molar-refractivity contribution is -0.385. The number of nitrogens with zero attached hydrogens (tertiary/aromatic N) is 3. The molecule has 5 rings (SSSR count). The molecule has 13 nitrogen and oxygen atoms in total. The highest BCUT2D eigenvalue weighted by molar-refractivity contribution is 7.92. The number of nitrogens with one attached hydrogen (secondary N) is 1. The minimum Gasteiger partial charge on any atom is -0.497 e. The fourth-order valence-electron chi connectivity index (χ4n) is 4.25. The van der Waals surface area contributed by atoms with Crippen molar-refractivity contribution < 1.29 is 32.6 Å². The van der Waals surface area contributed by atoms with Gasteiger partial charge in [-0.3, -0.25) is 34.5 Å². The summed E-state index contributed by atoms with van der Waals surface area (Å²) in [6.07, 6.45) is 0. The van der Waals surface area contributed by atoms with E-state index in [1.165, 1.54) is 43.5 Å². The van der Waals surface area contributed by atoms with Crippen molar-refractivity contribution in [3.8, 4) is 5.75 Å². The zero-order chi connectivity index (χ0) is 28.1. The molecule has 0 unspecified atom stereocenters. The summed E-state index contributed by atoms with van der Waals surface area (Å²) in [6, 6.07) is 15.0. The first-order chi connectivity index (χ1) is 18.5. The molecule has 14 heteroatoms. The average molecular weight is 548 g/mol. The monoisotopic (exact) mass is 548 g/mol. The quantitative estimate of drug-likeness (QED) is 0.200. The number of non-ortho nitro benzene ring substituents is 2. The fraction of sp³-hybridized carbons (Fsp3) is 0.0400. The van der Waals surface area contributed by atoms with Gasteiger partial charge in [-0.2, -0.15) is 0 Å². The Morgan fingerprint density at radius 1 is 0.795 bits per heavy atom. The Labute approximate surface area is 219 Å². The second-order valence-corrected chi connectivity index (χ2v) is 10.1. The summed E-state index contributed by atoms with van der Waals surface area (Å²) in [5, 5.41) is 23.0. The van der Waals surface area contributed by atoms with E-state index < -0.39 is 43.1 Å². The lowest BCUT2D eigenvalue weighted by atomic mass is 9.92. The Morgan fingerprint density at radius 2 is 1.31 bits per heavy atom. The Bertz CT molecular complexity index is 1750. The molecule has 0 saturated carbocycles. The van der Waals surface area contributed by atoms with E-state index in [-0.39, 0.29) is 38.2 Å². The summed E-state index contributed by atoms with van der Waals surface area (Å²) in [4.78, 5) is 48.7. The van der Waals surface area contributed by atoms with Gasteiger partial charge in [0.1, 0.15) is 5.75 Å². The van der Waals surface area contributed by atoms with Crippen LogP contribution in [-0.2, 0) is 10.0 Å². The van der Waals surface area contributed by atoms with Crippen LogP contribution in [0.25, 0.3) is 10.8 Å². The van der Waals surface area contributed by atoms with E-state index in [9.17, 15) is 38.2 Å². The highest BCUT2D eigenvalue weighted by atomic mass is 32.2. The van der Waals surface area contributed by atoms with Crippen LogP contribution >= 0.6 is 0 Å². The average Bonchev–Trinajstić information content (AvgIpc) is 2.91. The SMILES string of the molecule is COc1ccc(NS(=O)(=O)c2ccc(N3C(=O)c4cc([N+](=O)[O-])cc5cc([N+](=O)[O-])cc(c45)C3=O)cc2)cc1. The molecule has 2 amide bonds. The van der Waals surface area contributed by atoms with Crippen LogP contribution in [0.1, 0.15) is 20.7 Å². The molecule has 0 radical (unpaired) electrons. The fourth-order valence-corrected chi connectivity index (χ4v) is 5.31. The first kappa shape index (κ1) is 25.3. The molecular formula is C25H16N4O9S. The number of sulfonamides is 1. The molecule has 39 heavy (non-hydrogen) atoms. The smallest absolute Gasteiger partial charge is 0.270 e. The van der Waals surface area contributed by atoms with Gasteiger partial charge < -0.3 is 4.74 Å². The summed E-state index contributed by atoms with van der Waals surface area (Å²) in [6.45, 7) is 0. The molecule has 0 spiro atoms. The van der Waals surface area contributed by atoms with Gasteiger partial charge in [-0.15, -0.1) is 0 Å². The Morgan fingerprint density at radius 3 is 1.77 bits per heavy atom. The van der Waals surface area contributed by atoms with Crippen molar-refractivity contribution in [2.45, 2.75) is 4.90 Å². The number of carbonyl (C=O) groups is 2. The van der Waals surface area contributed by atoms with Crippen molar-refractivity contribution in [3.63, 3.8) is 0 Å². The molecule has 4 aromatic rings. The number of carbonyl (C=O) groups excluding carboxylic acids is 2. The van der Waals surface area contributed by atoms with Crippen molar-refractivity contribution in [2.75, 3.05) is 16.7 Å². The van der Waals surface area contributed by atoms with Gasteiger partial charge >= 0.3 is 0 Å². The first-order valence-electron chi connectivity index (χ1n) is 11.1. The molecule has 0 aromatic heterocycles. The summed E-state index contributed by atoms with van der Waals surface area (Å²) in [5.74, 6) is -1.27. The number of benzene rings is 4. The minimum atomic E-state index is -4.05. The van der Waals surface area contributed by atoms with E-state index in [0.29, 0.717) is 10.6 Å². The minimum absolute atomic E-state index is 0.00389. The predicted octanol–water partition coefficient (Wildman–Crippen LogP) is 4.27. The third-order valence-electron chi connectivity index (χ3n) is 6.05. The number of nitro benzene ring substituents is 2. The van der Waals surface area contributed by atoms with E-state index >= 15 is 0 Å². The molecular weight excluding hydrogens is 532 g/mol. The van der Waals surface area contributed by atoms with E-state index in [4.69, 9.17) is 4.74 Å². The normalized spacial score (nSPS) is 12.9. The standard InChI is InChI=1S/C25H16N4O9S/c1-38-19-6-2-15(3-7-19)26-39(36,37)20-8-4-16(5-9-20)27-24(30)21-12-17(28(32)33)10-14-11-18(29(34)35)13-22(23(14)21)25(27)31/h2-13,26H,1H3. The maximum absolute atomic E-state index is 13.4.